The maximum Gasteiger partial charge on any atom is 0.0501 e. The van der Waals surface area contributed by atoms with E-state index in [1.165, 1.54) is 11.1 Å². The second-order valence-corrected chi connectivity index (χ2v) is 5.95. The van der Waals surface area contributed by atoms with Crippen LogP contribution < -0.4 is 0 Å². The molecule has 0 aromatic heterocycles. The van der Waals surface area contributed by atoms with E-state index in [1.54, 1.807) is 0 Å². The molecule has 2 atom stereocenters. The molecule has 0 spiro atoms. The van der Waals surface area contributed by atoms with Gasteiger partial charge in [-0.2, -0.15) is 0 Å². The second-order valence-electron chi connectivity index (χ2n) is 5.95. The largest absolute Gasteiger partial charge is 0.396 e. The van der Waals surface area contributed by atoms with E-state index in [9.17, 15) is 5.11 Å². The van der Waals surface area contributed by atoms with Gasteiger partial charge in [0.05, 0.1) is 6.61 Å². The summed E-state index contributed by atoms with van der Waals surface area (Å²) in [7, 11) is 0. The van der Waals surface area contributed by atoms with Crippen molar-refractivity contribution in [3.8, 4) is 0 Å². The SMILES string of the molecule is CC(C)=CC[C@@H]1CC=C(C)[C@H](CO)C1(C)C. The maximum absolute atomic E-state index is 9.54. The Bertz CT molecular complexity index is 293. The Balaban J connectivity index is 2.85. The molecule has 0 fully saturated rings. The van der Waals surface area contributed by atoms with Crippen molar-refractivity contribution in [3.05, 3.63) is 23.3 Å². The quantitative estimate of drug-likeness (QED) is 0.717. The zero-order valence-corrected chi connectivity index (χ0v) is 11.4. The summed E-state index contributed by atoms with van der Waals surface area (Å²) in [6.07, 6.45) is 6.93. The summed E-state index contributed by atoms with van der Waals surface area (Å²) < 4.78 is 0. The maximum atomic E-state index is 9.54. The highest BCUT2D eigenvalue weighted by molar-refractivity contribution is 5.15. The zero-order chi connectivity index (χ0) is 12.3. The van der Waals surface area contributed by atoms with Crippen LogP contribution in [0.5, 0.6) is 0 Å². The molecule has 1 aliphatic carbocycles. The number of aliphatic hydroxyl groups excluding tert-OH is 1. The summed E-state index contributed by atoms with van der Waals surface area (Å²) in [6, 6.07) is 0. The van der Waals surface area contributed by atoms with Crippen LogP contribution in [0.4, 0.5) is 0 Å². The van der Waals surface area contributed by atoms with Crippen LogP contribution in [0.15, 0.2) is 23.3 Å². The third-order valence-electron chi connectivity index (χ3n) is 4.22. The first kappa shape index (κ1) is 13.5. The molecule has 0 saturated carbocycles. The van der Waals surface area contributed by atoms with Crippen LogP contribution >= 0.6 is 0 Å². The molecule has 92 valence electrons. The first-order valence-corrected chi connectivity index (χ1v) is 6.30. The molecule has 0 heterocycles. The molecular weight excluding hydrogens is 196 g/mol. The molecule has 1 heteroatoms. The predicted octanol–water partition coefficient (Wildman–Crippen LogP) is 3.94. The normalized spacial score (nSPS) is 28.5. The van der Waals surface area contributed by atoms with E-state index < -0.39 is 0 Å². The fraction of sp³-hybridized carbons (Fsp3) is 0.733. The van der Waals surface area contributed by atoms with Gasteiger partial charge >= 0.3 is 0 Å². The molecular formula is C15H26O. The van der Waals surface area contributed by atoms with E-state index in [2.05, 4.69) is 46.8 Å². The third-order valence-corrected chi connectivity index (χ3v) is 4.22. The molecule has 0 bridgehead atoms. The third kappa shape index (κ3) is 2.76. The summed E-state index contributed by atoms with van der Waals surface area (Å²) in [5.74, 6) is 0.986. The summed E-state index contributed by atoms with van der Waals surface area (Å²) in [6.45, 7) is 11.3. The molecule has 0 radical (unpaired) electrons. The molecule has 1 nitrogen and oxygen atoms in total. The van der Waals surface area contributed by atoms with Gasteiger partial charge in [0.1, 0.15) is 0 Å². The number of aliphatic hydroxyl groups is 1. The van der Waals surface area contributed by atoms with Gasteiger partial charge in [-0.15, -0.1) is 0 Å². The van der Waals surface area contributed by atoms with Gasteiger partial charge in [-0.3, -0.25) is 0 Å². The van der Waals surface area contributed by atoms with E-state index in [0.29, 0.717) is 11.8 Å². The molecule has 1 rings (SSSR count). The molecule has 0 aromatic rings. The van der Waals surface area contributed by atoms with Crippen molar-refractivity contribution in [2.24, 2.45) is 17.3 Å². The Morgan fingerprint density at radius 2 is 2.12 bits per heavy atom. The second kappa shape index (κ2) is 5.18. The number of allylic oxidation sites excluding steroid dienone is 3. The zero-order valence-electron chi connectivity index (χ0n) is 11.4. The average Bonchev–Trinajstić information content (AvgIpc) is 2.15. The molecule has 0 amide bonds. The Morgan fingerprint density at radius 3 is 2.62 bits per heavy atom. The van der Waals surface area contributed by atoms with E-state index in [4.69, 9.17) is 0 Å². The van der Waals surface area contributed by atoms with Crippen molar-refractivity contribution in [1.82, 2.24) is 0 Å². The molecule has 0 unspecified atom stereocenters. The first-order valence-electron chi connectivity index (χ1n) is 6.30. The van der Waals surface area contributed by atoms with Gasteiger partial charge in [0.25, 0.3) is 0 Å². The lowest BCUT2D eigenvalue weighted by Crippen LogP contribution is -2.37. The predicted molar refractivity (Wildman–Crippen MR) is 70.3 cm³/mol. The molecule has 0 aliphatic heterocycles. The van der Waals surface area contributed by atoms with Crippen molar-refractivity contribution in [2.45, 2.75) is 47.5 Å². The smallest absolute Gasteiger partial charge is 0.0501 e. The van der Waals surface area contributed by atoms with Crippen molar-refractivity contribution >= 4 is 0 Å². The van der Waals surface area contributed by atoms with Crippen molar-refractivity contribution in [1.29, 1.82) is 0 Å². The lowest BCUT2D eigenvalue weighted by molar-refractivity contribution is 0.0758. The Hall–Kier alpha value is -0.560. The van der Waals surface area contributed by atoms with Gasteiger partial charge in [-0.25, -0.2) is 0 Å². The average molecular weight is 222 g/mol. The van der Waals surface area contributed by atoms with E-state index in [1.807, 2.05) is 0 Å². The van der Waals surface area contributed by atoms with Crippen LogP contribution in [0, 0.1) is 17.3 Å². The van der Waals surface area contributed by atoms with Crippen molar-refractivity contribution < 1.29 is 5.11 Å². The van der Waals surface area contributed by atoms with E-state index >= 15 is 0 Å². The topological polar surface area (TPSA) is 20.2 Å². The summed E-state index contributed by atoms with van der Waals surface area (Å²) in [4.78, 5) is 0. The lowest BCUT2D eigenvalue weighted by Gasteiger charge is -2.44. The minimum absolute atomic E-state index is 0.208. The fourth-order valence-corrected chi connectivity index (χ4v) is 2.80. The van der Waals surface area contributed by atoms with Crippen molar-refractivity contribution in [3.63, 3.8) is 0 Å². The molecule has 0 saturated heterocycles. The minimum atomic E-state index is 0.208. The highest BCUT2D eigenvalue weighted by atomic mass is 16.3. The fourth-order valence-electron chi connectivity index (χ4n) is 2.80. The van der Waals surface area contributed by atoms with Gasteiger partial charge in [0, 0.05) is 5.92 Å². The van der Waals surface area contributed by atoms with Crippen LogP contribution in [0.1, 0.15) is 47.5 Å². The highest BCUT2D eigenvalue weighted by Crippen LogP contribution is 2.46. The monoisotopic (exact) mass is 222 g/mol. The molecule has 16 heavy (non-hydrogen) atoms. The highest BCUT2D eigenvalue weighted by Gasteiger charge is 2.39. The van der Waals surface area contributed by atoms with Crippen LogP contribution in [-0.2, 0) is 0 Å². The van der Waals surface area contributed by atoms with Gasteiger partial charge in [-0.05, 0) is 44.9 Å². The molecule has 0 aromatic carbocycles. The van der Waals surface area contributed by atoms with Gasteiger partial charge < -0.3 is 5.11 Å². The van der Waals surface area contributed by atoms with Crippen LogP contribution in [0.2, 0.25) is 0 Å². The van der Waals surface area contributed by atoms with Crippen LogP contribution in [0.3, 0.4) is 0 Å². The van der Waals surface area contributed by atoms with E-state index in [-0.39, 0.29) is 12.0 Å². The number of hydrogen-bond donors (Lipinski definition) is 1. The Labute approximate surface area is 100 Å². The summed E-state index contributed by atoms with van der Waals surface area (Å²) >= 11 is 0. The molecule has 1 N–H and O–H groups in total. The van der Waals surface area contributed by atoms with Gasteiger partial charge in [0.2, 0.25) is 0 Å². The van der Waals surface area contributed by atoms with Gasteiger partial charge in [0.15, 0.2) is 0 Å². The number of hydrogen-bond acceptors (Lipinski definition) is 1. The minimum Gasteiger partial charge on any atom is -0.396 e. The standard InChI is InChI=1S/C15H26O/c1-11(2)6-8-13-9-7-12(3)14(10-16)15(13,4)5/h6-7,13-14,16H,8-10H2,1-5H3/t13-,14+/m1/s1. The van der Waals surface area contributed by atoms with Crippen LogP contribution in [-0.4, -0.2) is 11.7 Å². The Kier molecular flexibility index (Phi) is 4.37. The van der Waals surface area contributed by atoms with E-state index in [0.717, 1.165) is 12.8 Å². The molecule has 1 aliphatic rings. The first-order chi connectivity index (χ1) is 7.39. The van der Waals surface area contributed by atoms with Gasteiger partial charge in [-0.1, -0.05) is 37.1 Å². The lowest BCUT2D eigenvalue weighted by atomic mass is 9.61. The summed E-state index contributed by atoms with van der Waals surface area (Å²) in [5.41, 5.74) is 2.96. The van der Waals surface area contributed by atoms with Crippen LogP contribution in [0.25, 0.3) is 0 Å². The van der Waals surface area contributed by atoms with Crippen molar-refractivity contribution in [2.75, 3.05) is 6.61 Å². The number of rotatable bonds is 3. The summed E-state index contributed by atoms with van der Waals surface area (Å²) in [5, 5.41) is 9.54. The Morgan fingerprint density at radius 1 is 1.50 bits per heavy atom.